The average molecular weight is 326 g/mol. The fourth-order valence-electron chi connectivity index (χ4n) is 1.47. The number of nitrogens with zero attached hydrogens (tertiary/aromatic N) is 3. The Kier molecular flexibility index (Phi) is 6.19. The van der Waals surface area contributed by atoms with Crippen LogP contribution in [-0.4, -0.2) is 30.5 Å². The summed E-state index contributed by atoms with van der Waals surface area (Å²) in [5.74, 6) is 0.838. The number of halogens is 1. The van der Waals surface area contributed by atoms with E-state index >= 15 is 0 Å². The first-order valence-electron chi connectivity index (χ1n) is 5.36. The van der Waals surface area contributed by atoms with Crippen LogP contribution in [0.25, 0.3) is 0 Å². The molecule has 0 atom stereocenters. The summed E-state index contributed by atoms with van der Waals surface area (Å²) in [6.45, 7) is 1.58. The number of aliphatic imine (C=N–C) groups is 1. The Morgan fingerprint density at radius 2 is 2.39 bits per heavy atom. The molecule has 0 unspecified atom stereocenters. The van der Waals surface area contributed by atoms with Gasteiger partial charge in [0.2, 0.25) is 0 Å². The van der Waals surface area contributed by atoms with Crippen molar-refractivity contribution in [2.24, 2.45) is 4.99 Å². The number of hydrogen-bond donors (Lipinski definition) is 1. The lowest BCUT2D eigenvalue weighted by molar-refractivity contribution is -0.00000375. The third-order valence-corrected chi connectivity index (χ3v) is 3.41. The largest absolute Gasteiger partial charge is 1.00 e. The van der Waals surface area contributed by atoms with E-state index in [-0.39, 0.29) is 17.0 Å². The fraction of sp³-hybridized carbons (Fsp3) is 0.333. The Bertz CT molecular complexity index is 469. The van der Waals surface area contributed by atoms with Gasteiger partial charge in [0.15, 0.2) is 5.17 Å². The van der Waals surface area contributed by atoms with Crippen LogP contribution in [0.3, 0.4) is 0 Å². The summed E-state index contributed by atoms with van der Waals surface area (Å²) >= 11 is 1.67. The Hall–Kier alpha value is -1.03. The van der Waals surface area contributed by atoms with Gasteiger partial charge in [-0.05, 0) is 24.7 Å². The van der Waals surface area contributed by atoms with Crippen LogP contribution in [0.1, 0.15) is 11.1 Å². The maximum Gasteiger partial charge on any atom is 0.159 e. The van der Waals surface area contributed by atoms with Crippen molar-refractivity contribution in [2.45, 2.75) is 5.75 Å². The Labute approximate surface area is 122 Å². The molecule has 2 rings (SSSR count). The Morgan fingerprint density at radius 1 is 1.56 bits per heavy atom. The van der Waals surface area contributed by atoms with Crippen molar-refractivity contribution in [2.75, 3.05) is 20.4 Å². The number of nitriles is 1. The Balaban J connectivity index is 0.00000162. The molecular weight excluding hydrogens is 312 g/mol. The molecule has 0 radical (unpaired) electrons. The van der Waals surface area contributed by atoms with Crippen molar-refractivity contribution in [3.05, 3.63) is 35.4 Å². The number of rotatable bonds is 2. The van der Waals surface area contributed by atoms with Crippen LogP contribution in [0.5, 0.6) is 0 Å². The van der Waals surface area contributed by atoms with Gasteiger partial charge in [0.05, 0.1) is 25.0 Å². The topological polar surface area (TPSA) is 51.4 Å². The molecule has 0 saturated heterocycles. The number of hydrogen-bond acceptors (Lipinski definition) is 5. The predicted octanol–water partition coefficient (Wildman–Crippen LogP) is -1.40. The lowest BCUT2D eigenvalue weighted by atomic mass is 10.2. The zero-order valence-corrected chi connectivity index (χ0v) is 12.5. The van der Waals surface area contributed by atoms with Crippen molar-refractivity contribution < 1.29 is 17.0 Å². The molecule has 0 fully saturated rings. The standard InChI is InChI=1S/C12H14N4S.BrH/c1-16-8-14-12(15-9-16)17-7-11-4-2-3-10(5-11)6-13;/h2-5H,7-9H2,1H3,(H,14,15);1H/p-1. The second-order valence-corrected chi connectivity index (χ2v) is 4.86. The first kappa shape index (κ1) is 15.0. The summed E-state index contributed by atoms with van der Waals surface area (Å²) in [7, 11) is 2.02. The molecule has 0 spiro atoms. The minimum atomic E-state index is 0. The number of amidine groups is 1. The zero-order chi connectivity index (χ0) is 12.1. The van der Waals surface area contributed by atoms with Crippen molar-refractivity contribution in [3.63, 3.8) is 0 Å². The van der Waals surface area contributed by atoms with Gasteiger partial charge in [-0.1, -0.05) is 23.9 Å². The van der Waals surface area contributed by atoms with Gasteiger partial charge < -0.3 is 22.3 Å². The van der Waals surface area contributed by atoms with E-state index in [9.17, 15) is 0 Å². The van der Waals surface area contributed by atoms with Gasteiger partial charge in [-0.3, -0.25) is 4.90 Å². The van der Waals surface area contributed by atoms with E-state index < -0.39 is 0 Å². The second-order valence-electron chi connectivity index (χ2n) is 3.90. The van der Waals surface area contributed by atoms with Crippen molar-refractivity contribution in [1.82, 2.24) is 10.2 Å². The summed E-state index contributed by atoms with van der Waals surface area (Å²) in [5.41, 5.74) is 1.86. The highest BCUT2D eigenvalue weighted by atomic mass is 79.9. The van der Waals surface area contributed by atoms with E-state index in [0.29, 0.717) is 5.56 Å². The van der Waals surface area contributed by atoms with Crippen LogP contribution in [0.2, 0.25) is 0 Å². The maximum absolute atomic E-state index is 8.81. The van der Waals surface area contributed by atoms with E-state index in [4.69, 9.17) is 5.26 Å². The van der Waals surface area contributed by atoms with Gasteiger partial charge in [-0.15, -0.1) is 0 Å². The van der Waals surface area contributed by atoms with Crippen LogP contribution < -0.4 is 22.3 Å². The highest BCUT2D eigenvalue weighted by molar-refractivity contribution is 8.13. The first-order valence-corrected chi connectivity index (χ1v) is 6.35. The van der Waals surface area contributed by atoms with Crippen LogP contribution in [0.4, 0.5) is 0 Å². The second kappa shape index (κ2) is 7.41. The third kappa shape index (κ3) is 4.33. The monoisotopic (exact) mass is 325 g/mol. The molecule has 1 heterocycles. The van der Waals surface area contributed by atoms with E-state index in [1.807, 2.05) is 31.3 Å². The molecule has 18 heavy (non-hydrogen) atoms. The molecule has 0 saturated carbocycles. The van der Waals surface area contributed by atoms with Crippen molar-refractivity contribution >= 4 is 16.9 Å². The molecule has 0 bridgehead atoms. The molecular formula is C12H14BrN4S-. The smallest absolute Gasteiger partial charge is 0.159 e. The van der Waals surface area contributed by atoms with Gasteiger partial charge in [0.1, 0.15) is 0 Å². The SMILES string of the molecule is CN1CN=C(SCc2cccc(C#N)c2)NC1.[Br-]. The molecule has 0 amide bonds. The quantitative estimate of drug-likeness (QED) is 0.727. The molecule has 0 aliphatic carbocycles. The van der Waals surface area contributed by atoms with E-state index in [1.54, 1.807) is 11.8 Å². The predicted molar refractivity (Wildman–Crippen MR) is 70.5 cm³/mol. The molecule has 1 aromatic rings. The highest BCUT2D eigenvalue weighted by Gasteiger charge is 2.08. The summed E-state index contributed by atoms with van der Waals surface area (Å²) in [6.07, 6.45) is 0. The molecule has 4 nitrogen and oxygen atoms in total. The summed E-state index contributed by atoms with van der Waals surface area (Å²) in [4.78, 5) is 6.50. The molecule has 1 aliphatic heterocycles. The maximum atomic E-state index is 8.81. The van der Waals surface area contributed by atoms with E-state index in [2.05, 4.69) is 21.3 Å². The first-order chi connectivity index (χ1) is 8.28. The van der Waals surface area contributed by atoms with Gasteiger partial charge in [-0.25, -0.2) is 4.99 Å². The molecule has 96 valence electrons. The summed E-state index contributed by atoms with van der Waals surface area (Å²) < 4.78 is 0. The van der Waals surface area contributed by atoms with Gasteiger partial charge in [0.25, 0.3) is 0 Å². The van der Waals surface area contributed by atoms with E-state index in [0.717, 1.165) is 29.8 Å². The Morgan fingerprint density at radius 3 is 3.06 bits per heavy atom. The molecule has 6 heteroatoms. The van der Waals surface area contributed by atoms with Crippen molar-refractivity contribution in [1.29, 1.82) is 5.26 Å². The third-order valence-electron chi connectivity index (χ3n) is 2.39. The summed E-state index contributed by atoms with van der Waals surface area (Å²) in [6, 6.07) is 9.83. The van der Waals surface area contributed by atoms with Gasteiger partial charge in [0, 0.05) is 5.75 Å². The van der Waals surface area contributed by atoms with Gasteiger partial charge in [-0.2, -0.15) is 5.26 Å². The van der Waals surface area contributed by atoms with E-state index in [1.165, 1.54) is 0 Å². The number of thioether (sulfide) groups is 1. The molecule has 1 aromatic carbocycles. The number of benzene rings is 1. The minimum absolute atomic E-state index is 0. The average Bonchev–Trinajstić information content (AvgIpc) is 2.38. The lowest BCUT2D eigenvalue weighted by Gasteiger charge is -2.22. The summed E-state index contributed by atoms with van der Waals surface area (Å²) in [5, 5.41) is 13.0. The van der Waals surface area contributed by atoms with Crippen molar-refractivity contribution in [3.8, 4) is 6.07 Å². The van der Waals surface area contributed by atoms with Crippen LogP contribution in [-0.2, 0) is 5.75 Å². The molecule has 0 aromatic heterocycles. The zero-order valence-electron chi connectivity index (χ0n) is 10.1. The number of nitrogens with one attached hydrogen (secondary N) is 1. The normalized spacial score (nSPS) is 15.0. The minimum Gasteiger partial charge on any atom is -1.00 e. The molecule has 1 aliphatic rings. The van der Waals surface area contributed by atoms with Crippen LogP contribution in [0.15, 0.2) is 29.3 Å². The molecule has 1 N–H and O–H groups in total. The highest BCUT2D eigenvalue weighted by Crippen LogP contribution is 2.15. The van der Waals surface area contributed by atoms with Crippen LogP contribution >= 0.6 is 11.8 Å². The lowest BCUT2D eigenvalue weighted by Crippen LogP contribution is -3.00. The fourth-order valence-corrected chi connectivity index (χ4v) is 2.27. The van der Waals surface area contributed by atoms with Crippen LogP contribution in [0, 0.1) is 11.3 Å². The van der Waals surface area contributed by atoms with Gasteiger partial charge >= 0.3 is 0 Å².